The number of para-hydroxylation sites is 1. The van der Waals surface area contributed by atoms with Gasteiger partial charge in [-0.3, -0.25) is 9.59 Å². The fourth-order valence-corrected chi connectivity index (χ4v) is 2.19. The van der Waals surface area contributed by atoms with Crippen molar-refractivity contribution in [1.82, 2.24) is 0 Å². The summed E-state index contributed by atoms with van der Waals surface area (Å²) in [5.41, 5.74) is 1.26. The molecule has 0 spiro atoms. The van der Waals surface area contributed by atoms with Gasteiger partial charge in [-0.15, -0.1) is 0 Å². The van der Waals surface area contributed by atoms with Crippen molar-refractivity contribution in [3.63, 3.8) is 0 Å². The maximum Gasteiger partial charge on any atom is 0.250 e. The maximum atomic E-state index is 11.8. The molecule has 0 saturated carbocycles. The van der Waals surface area contributed by atoms with Crippen LogP contribution < -0.4 is 16.2 Å². The maximum absolute atomic E-state index is 11.8. The van der Waals surface area contributed by atoms with Crippen LogP contribution in [0.15, 0.2) is 64.2 Å². The molecule has 0 aliphatic carbocycles. The van der Waals surface area contributed by atoms with Gasteiger partial charge in [-0.1, -0.05) is 41.9 Å². The van der Waals surface area contributed by atoms with Crippen LogP contribution in [0, 0.1) is 0 Å². The van der Waals surface area contributed by atoms with E-state index in [1.54, 1.807) is 24.3 Å². The van der Waals surface area contributed by atoms with Crippen LogP contribution in [0.3, 0.4) is 0 Å². The Bertz CT molecular complexity index is 816. The second-order valence-corrected chi connectivity index (χ2v) is 4.84. The first-order valence-corrected chi connectivity index (χ1v) is 6.46. The molecule has 3 rings (SSSR count). The van der Waals surface area contributed by atoms with Crippen molar-refractivity contribution >= 4 is 23.0 Å². The van der Waals surface area contributed by atoms with Crippen molar-refractivity contribution in [2.75, 3.05) is 5.32 Å². The quantitative estimate of drug-likeness (QED) is 0.750. The monoisotopic (exact) mass is 283 g/mol. The number of halogens is 1. The third-order valence-corrected chi connectivity index (χ3v) is 3.34. The lowest BCUT2D eigenvalue weighted by molar-refractivity contribution is 1.38. The molecule has 3 nitrogen and oxygen atoms in total. The molecule has 4 heteroatoms. The predicted octanol–water partition coefficient (Wildman–Crippen LogP) is 3.35. The Morgan fingerprint density at radius 2 is 1.45 bits per heavy atom. The van der Waals surface area contributed by atoms with Crippen LogP contribution in [0.1, 0.15) is 0 Å². The minimum Gasteiger partial charge on any atom is -0.352 e. The van der Waals surface area contributed by atoms with Crippen LogP contribution in [0.2, 0.25) is 5.02 Å². The summed E-state index contributed by atoms with van der Waals surface area (Å²) in [6.07, 6.45) is 0. The second-order valence-electron chi connectivity index (χ2n) is 4.41. The van der Waals surface area contributed by atoms with Crippen LogP contribution in [0.25, 0.3) is 11.1 Å². The molecule has 0 amide bonds. The number of hydrogen-bond donors (Lipinski definition) is 1. The highest BCUT2D eigenvalue weighted by atomic mass is 35.5. The molecule has 0 heterocycles. The van der Waals surface area contributed by atoms with Gasteiger partial charge in [0.15, 0.2) is 0 Å². The highest BCUT2D eigenvalue weighted by Gasteiger charge is 2.22. The van der Waals surface area contributed by atoms with Gasteiger partial charge in [0.25, 0.3) is 5.43 Å². The van der Waals surface area contributed by atoms with E-state index >= 15 is 0 Å². The zero-order valence-electron chi connectivity index (χ0n) is 10.4. The predicted molar refractivity (Wildman–Crippen MR) is 81.5 cm³/mol. The van der Waals surface area contributed by atoms with E-state index in [1.807, 2.05) is 30.3 Å². The molecular weight excluding hydrogens is 274 g/mol. The summed E-state index contributed by atoms with van der Waals surface area (Å²) in [5, 5.41) is 3.59. The number of nitrogens with one attached hydrogen (secondary N) is 1. The minimum absolute atomic E-state index is 0.337. The summed E-state index contributed by atoms with van der Waals surface area (Å²) < 4.78 is 0. The van der Waals surface area contributed by atoms with Crippen molar-refractivity contribution in [3.05, 3.63) is 80.1 Å². The Morgan fingerprint density at radius 1 is 0.800 bits per heavy atom. The van der Waals surface area contributed by atoms with Gasteiger partial charge in [0.05, 0.1) is 5.56 Å². The summed E-state index contributed by atoms with van der Waals surface area (Å²) >= 11 is 5.83. The van der Waals surface area contributed by atoms with E-state index in [0.717, 1.165) is 5.69 Å². The fraction of sp³-hybridized carbons (Fsp3) is 0. The third kappa shape index (κ3) is 2.12. The molecule has 0 saturated heterocycles. The first kappa shape index (κ1) is 12.6. The number of rotatable bonds is 3. The molecule has 0 radical (unpaired) electrons. The van der Waals surface area contributed by atoms with Crippen molar-refractivity contribution in [2.24, 2.45) is 0 Å². The molecule has 98 valence electrons. The summed E-state index contributed by atoms with van der Waals surface area (Å²) in [6.45, 7) is 0. The van der Waals surface area contributed by atoms with E-state index in [4.69, 9.17) is 11.6 Å². The second kappa shape index (κ2) is 4.94. The molecule has 0 aromatic heterocycles. The first-order valence-electron chi connectivity index (χ1n) is 6.08. The van der Waals surface area contributed by atoms with Gasteiger partial charge in [0.2, 0.25) is 5.43 Å². The largest absolute Gasteiger partial charge is 0.352 e. The van der Waals surface area contributed by atoms with E-state index in [0.29, 0.717) is 21.8 Å². The topological polar surface area (TPSA) is 46.2 Å². The van der Waals surface area contributed by atoms with Crippen molar-refractivity contribution < 1.29 is 0 Å². The first-order chi connectivity index (χ1) is 9.66. The molecule has 0 atom stereocenters. The zero-order valence-corrected chi connectivity index (χ0v) is 11.1. The van der Waals surface area contributed by atoms with Gasteiger partial charge in [0.1, 0.15) is 5.69 Å². The van der Waals surface area contributed by atoms with Crippen LogP contribution >= 0.6 is 11.6 Å². The molecule has 0 fully saturated rings. The number of anilines is 2. The number of hydrogen-bond acceptors (Lipinski definition) is 3. The van der Waals surface area contributed by atoms with Crippen LogP contribution in [0.5, 0.6) is 0 Å². The Kier molecular flexibility index (Phi) is 3.12. The highest BCUT2D eigenvalue weighted by molar-refractivity contribution is 6.30. The Hall–Kier alpha value is -2.39. The molecule has 3 aromatic carbocycles. The number of benzene rings is 2. The molecule has 0 unspecified atom stereocenters. The highest BCUT2D eigenvalue weighted by Crippen LogP contribution is 2.27. The van der Waals surface area contributed by atoms with Crippen LogP contribution in [-0.2, 0) is 0 Å². The summed E-state index contributed by atoms with van der Waals surface area (Å²) in [6, 6.07) is 16.1. The van der Waals surface area contributed by atoms with Crippen LogP contribution in [0.4, 0.5) is 11.4 Å². The van der Waals surface area contributed by atoms with Crippen molar-refractivity contribution in [2.45, 2.75) is 0 Å². The average molecular weight is 284 g/mol. The fourth-order valence-electron chi connectivity index (χ4n) is 2.07. The Morgan fingerprint density at radius 3 is 2.10 bits per heavy atom. The Labute approximate surface area is 120 Å². The average Bonchev–Trinajstić information content (AvgIpc) is 2.49. The molecule has 0 aliphatic rings. The summed E-state index contributed by atoms with van der Waals surface area (Å²) in [4.78, 5) is 23.5. The summed E-state index contributed by atoms with van der Waals surface area (Å²) in [5.74, 6) is 0. The van der Waals surface area contributed by atoms with Gasteiger partial charge < -0.3 is 5.32 Å². The van der Waals surface area contributed by atoms with E-state index < -0.39 is 10.9 Å². The van der Waals surface area contributed by atoms with E-state index in [1.165, 1.54) is 0 Å². The lowest BCUT2D eigenvalue weighted by atomic mass is 9.98. The van der Waals surface area contributed by atoms with Crippen LogP contribution in [-0.4, -0.2) is 0 Å². The SMILES string of the molecule is O=c1c(Nc2ccccc2)c(-c2ccc(Cl)cc2)c1=O. The lowest BCUT2D eigenvalue weighted by Gasteiger charge is -2.13. The van der Waals surface area contributed by atoms with E-state index in [2.05, 4.69) is 5.32 Å². The van der Waals surface area contributed by atoms with Gasteiger partial charge in [0, 0.05) is 10.7 Å². The van der Waals surface area contributed by atoms with Crippen molar-refractivity contribution in [3.8, 4) is 11.1 Å². The molecule has 0 bridgehead atoms. The molecule has 20 heavy (non-hydrogen) atoms. The third-order valence-electron chi connectivity index (χ3n) is 3.09. The zero-order chi connectivity index (χ0) is 14.1. The molecule has 3 aromatic rings. The molecular formula is C16H10ClNO2. The van der Waals surface area contributed by atoms with Gasteiger partial charge in [-0.2, -0.15) is 0 Å². The van der Waals surface area contributed by atoms with Crippen molar-refractivity contribution in [1.29, 1.82) is 0 Å². The van der Waals surface area contributed by atoms with E-state index in [9.17, 15) is 9.59 Å². The van der Waals surface area contributed by atoms with Gasteiger partial charge in [-0.25, -0.2) is 0 Å². The molecule has 0 aliphatic heterocycles. The lowest BCUT2D eigenvalue weighted by Crippen LogP contribution is -2.35. The Balaban J connectivity index is 2.02. The van der Waals surface area contributed by atoms with Gasteiger partial charge in [-0.05, 0) is 29.8 Å². The standard InChI is InChI=1S/C16H10ClNO2/c17-11-8-6-10(7-9-11)13-14(16(20)15(13)19)18-12-4-2-1-3-5-12/h1-9,18H. The minimum atomic E-state index is -0.487. The molecule has 1 N–H and O–H groups in total. The summed E-state index contributed by atoms with van der Waals surface area (Å²) in [7, 11) is 0. The normalized spacial score (nSPS) is 10.7. The smallest absolute Gasteiger partial charge is 0.250 e. The van der Waals surface area contributed by atoms with E-state index in [-0.39, 0.29) is 0 Å². The van der Waals surface area contributed by atoms with Gasteiger partial charge >= 0.3 is 0 Å².